The van der Waals surface area contributed by atoms with Crippen LogP contribution < -0.4 is 26.0 Å². The third-order valence-electron chi connectivity index (χ3n) is 4.74. The van der Waals surface area contributed by atoms with Gasteiger partial charge in [0.25, 0.3) is 0 Å². The summed E-state index contributed by atoms with van der Waals surface area (Å²) >= 11 is 0. The lowest BCUT2D eigenvalue weighted by atomic mass is 10.2. The molecule has 0 radical (unpaired) electrons. The minimum atomic E-state index is -0.781. The van der Waals surface area contributed by atoms with Crippen LogP contribution in [0.2, 0.25) is 0 Å². The van der Waals surface area contributed by atoms with Gasteiger partial charge >= 0.3 is 6.03 Å². The molecule has 35 heavy (non-hydrogen) atoms. The molecular formula is C25H22F2N6O2. The molecule has 0 atom stereocenters. The summed E-state index contributed by atoms with van der Waals surface area (Å²) in [4.78, 5) is 21.0. The third kappa shape index (κ3) is 6.64. The highest BCUT2D eigenvalue weighted by Gasteiger charge is 2.07. The van der Waals surface area contributed by atoms with Crippen LogP contribution in [0.15, 0.2) is 72.8 Å². The molecule has 4 rings (SSSR count). The zero-order valence-electron chi connectivity index (χ0n) is 18.9. The van der Waals surface area contributed by atoms with Gasteiger partial charge in [-0.05, 0) is 67.6 Å². The normalized spacial score (nSPS) is 10.4. The number of hydrogen-bond donors (Lipinski definition) is 4. The average Bonchev–Trinajstić information content (AvgIpc) is 2.80. The van der Waals surface area contributed by atoms with E-state index in [2.05, 4.69) is 31.2 Å². The summed E-state index contributed by atoms with van der Waals surface area (Å²) in [7, 11) is 1.61. The molecule has 4 N–H and O–H groups in total. The Morgan fingerprint density at radius 3 is 1.97 bits per heavy atom. The Kier molecular flexibility index (Phi) is 7.01. The molecule has 10 heteroatoms. The van der Waals surface area contributed by atoms with E-state index in [1.165, 1.54) is 0 Å². The van der Waals surface area contributed by atoms with Gasteiger partial charge in [-0.2, -0.15) is 4.98 Å². The molecule has 4 aromatic rings. The maximum absolute atomic E-state index is 13.3. The summed E-state index contributed by atoms with van der Waals surface area (Å²) in [5.74, 6) is 0.212. The number of amides is 2. The first-order chi connectivity index (χ1) is 16.9. The van der Waals surface area contributed by atoms with Crippen molar-refractivity contribution >= 4 is 40.5 Å². The second kappa shape index (κ2) is 10.5. The van der Waals surface area contributed by atoms with Gasteiger partial charge in [-0.25, -0.2) is 18.6 Å². The molecule has 178 valence electrons. The van der Waals surface area contributed by atoms with Crippen LogP contribution in [-0.2, 0) is 0 Å². The fourth-order valence-electron chi connectivity index (χ4n) is 3.20. The minimum Gasteiger partial charge on any atom is -0.497 e. The first kappa shape index (κ1) is 23.4. The highest BCUT2D eigenvalue weighted by molar-refractivity contribution is 5.99. The standard InChI is InChI=1S/C25H22F2N6O2/c1-15-11-23(29-18-7-9-22(35-2)10-8-18)33-24(28-15)30-19-3-5-20(6-4-19)31-25(34)32-21-13-16(26)12-17(27)14-21/h3-14H,1-2H3,(H2,31,32,34)(H2,28,29,30,33). The topological polar surface area (TPSA) is 100 Å². The van der Waals surface area contributed by atoms with E-state index >= 15 is 0 Å². The Bertz CT molecular complexity index is 1310. The lowest BCUT2D eigenvalue weighted by molar-refractivity contribution is 0.262. The molecule has 0 fully saturated rings. The molecule has 2 amide bonds. The van der Waals surface area contributed by atoms with Gasteiger partial charge in [0, 0.05) is 40.6 Å². The lowest BCUT2D eigenvalue weighted by Crippen LogP contribution is -2.19. The number of nitrogens with zero attached hydrogens (tertiary/aromatic N) is 2. The molecule has 0 unspecified atom stereocenters. The van der Waals surface area contributed by atoms with Crippen molar-refractivity contribution in [3.63, 3.8) is 0 Å². The first-order valence-corrected chi connectivity index (χ1v) is 10.5. The highest BCUT2D eigenvalue weighted by Crippen LogP contribution is 2.22. The summed E-state index contributed by atoms with van der Waals surface area (Å²) in [6, 6.07) is 18.2. The van der Waals surface area contributed by atoms with E-state index in [9.17, 15) is 13.6 Å². The maximum atomic E-state index is 13.3. The van der Waals surface area contributed by atoms with Crippen LogP contribution in [0.5, 0.6) is 5.75 Å². The third-order valence-corrected chi connectivity index (χ3v) is 4.74. The molecule has 3 aromatic carbocycles. The van der Waals surface area contributed by atoms with Crippen LogP contribution in [0.4, 0.5) is 48.1 Å². The summed E-state index contributed by atoms with van der Waals surface area (Å²) in [6.45, 7) is 1.86. The van der Waals surface area contributed by atoms with Gasteiger partial charge in [-0.3, -0.25) is 0 Å². The van der Waals surface area contributed by atoms with E-state index in [1.54, 1.807) is 31.4 Å². The Hall–Kier alpha value is -4.73. The van der Waals surface area contributed by atoms with E-state index in [0.717, 1.165) is 35.3 Å². The number of carbonyl (C=O) groups is 1. The number of aromatic nitrogens is 2. The van der Waals surface area contributed by atoms with Crippen molar-refractivity contribution in [1.29, 1.82) is 0 Å². The van der Waals surface area contributed by atoms with Crippen LogP contribution in [0.3, 0.4) is 0 Å². The first-order valence-electron chi connectivity index (χ1n) is 10.5. The number of methoxy groups -OCH3 is 1. The van der Waals surface area contributed by atoms with Crippen molar-refractivity contribution < 1.29 is 18.3 Å². The van der Waals surface area contributed by atoms with Gasteiger partial charge in [0.05, 0.1) is 7.11 Å². The predicted octanol–water partition coefficient (Wildman–Crippen LogP) is 6.20. The molecule has 0 saturated carbocycles. The second-order valence-electron chi connectivity index (χ2n) is 7.51. The average molecular weight is 476 g/mol. The van der Waals surface area contributed by atoms with Crippen molar-refractivity contribution in [3.05, 3.63) is 90.1 Å². The number of carbonyl (C=O) groups excluding carboxylic acids is 1. The lowest BCUT2D eigenvalue weighted by Gasteiger charge is -2.11. The number of rotatable bonds is 7. The number of halogens is 2. The highest BCUT2D eigenvalue weighted by atomic mass is 19.1. The Balaban J connectivity index is 1.38. The van der Waals surface area contributed by atoms with Gasteiger partial charge < -0.3 is 26.0 Å². The zero-order chi connectivity index (χ0) is 24.8. The van der Waals surface area contributed by atoms with E-state index in [0.29, 0.717) is 23.1 Å². The Labute approximate surface area is 200 Å². The minimum absolute atomic E-state index is 0.00827. The van der Waals surface area contributed by atoms with Gasteiger partial charge in [0.15, 0.2) is 0 Å². The Morgan fingerprint density at radius 2 is 1.31 bits per heavy atom. The number of urea groups is 1. The molecule has 0 bridgehead atoms. The van der Waals surface area contributed by atoms with E-state index < -0.39 is 17.7 Å². The maximum Gasteiger partial charge on any atom is 0.323 e. The largest absolute Gasteiger partial charge is 0.497 e. The van der Waals surface area contributed by atoms with Gasteiger partial charge in [-0.15, -0.1) is 0 Å². The molecule has 1 heterocycles. The van der Waals surface area contributed by atoms with Gasteiger partial charge in [0.1, 0.15) is 23.2 Å². The molecule has 0 aliphatic heterocycles. The monoisotopic (exact) mass is 476 g/mol. The van der Waals surface area contributed by atoms with Crippen LogP contribution in [-0.4, -0.2) is 23.1 Å². The number of benzene rings is 3. The van der Waals surface area contributed by atoms with E-state index in [-0.39, 0.29) is 5.69 Å². The van der Waals surface area contributed by atoms with E-state index in [4.69, 9.17) is 4.74 Å². The van der Waals surface area contributed by atoms with Crippen LogP contribution >= 0.6 is 0 Å². The summed E-state index contributed by atoms with van der Waals surface area (Å²) in [5.41, 5.74) is 2.81. The predicted molar refractivity (Wildman–Crippen MR) is 132 cm³/mol. The zero-order valence-corrected chi connectivity index (χ0v) is 18.9. The second-order valence-corrected chi connectivity index (χ2v) is 7.51. The number of ether oxygens (including phenoxy) is 1. The van der Waals surface area contributed by atoms with Crippen molar-refractivity contribution in [3.8, 4) is 5.75 Å². The van der Waals surface area contributed by atoms with Crippen molar-refractivity contribution in [2.75, 3.05) is 28.4 Å². The van der Waals surface area contributed by atoms with Crippen LogP contribution in [0, 0.1) is 18.6 Å². The van der Waals surface area contributed by atoms with Gasteiger partial charge in [-0.1, -0.05) is 0 Å². The van der Waals surface area contributed by atoms with Crippen molar-refractivity contribution in [2.45, 2.75) is 6.92 Å². The number of anilines is 6. The summed E-state index contributed by atoms with van der Waals surface area (Å²) in [6.07, 6.45) is 0. The summed E-state index contributed by atoms with van der Waals surface area (Å²) < 4.78 is 31.7. The molecule has 1 aromatic heterocycles. The number of aryl methyl sites for hydroxylation is 1. The SMILES string of the molecule is COc1ccc(Nc2cc(C)nc(Nc3ccc(NC(=O)Nc4cc(F)cc(F)c4)cc3)n2)cc1. The van der Waals surface area contributed by atoms with Crippen LogP contribution in [0.1, 0.15) is 5.69 Å². The molecule has 0 aliphatic rings. The van der Waals surface area contributed by atoms with Crippen LogP contribution in [0.25, 0.3) is 0 Å². The van der Waals surface area contributed by atoms with Crippen molar-refractivity contribution in [1.82, 2.24) is 9.97 Å². The summed E-state index contributed by atoms with van der Waals surface area (Å²) in [5, 5.41) is 11.3. The quantitative estimate of drug-likeness (QED) is 0.253. The fourth-order valence-corrected chi connectivity index (χ4v) is 3.20. The number of hydrogen-bond acceptors (Lipinski definition) is 6. The number of nitrogens with one attached hydrogen (secondary N) is 4. The van der Waals surface area contributed by atoms with Gasteiger partial charge in [0.2, 0.25) is 5.95 Å². The molecule has 0 saturated heterocycles. The molecule has 0 aliphatic carbocycles. The van der Waals surface area contributed by atoms with E-state index in [1.807, 2.05) is 37.3 Å². The molecule has 8 nitrogen and oxygen atoms in total. The molecular weight excluding hydrogens is 454 g/mol. The smallest absolute Gasteiger partial charge is 0.323 e. The molecule has 0 spiro atoms. The Morgan fingerprint density at radius 1 is 0.743 bits per heavy atom. The fraction of sp³-hybridized carbons (Fsp3) is 0.0800. The van der Waals surface area contributed by atoms with Crippen molar-refractivity contribution in [2.24, 2.45) is 0 Å².